The minimum Gasteiger partial charge on any atom is -0.379 e. The van der Waals surface area contributed by atoms with Crippen molar-refractivity contribution in [1.29, 1.82) is 0 Å². The SMILES string of the molecule is Cc1nc2ccccc2n1CCCNc1ccc(C(=O)NC(C)C)cc1[N+](=O)[O-]. The topological polar surface area (TPSA) is 102 Å². The molecule has 8 nitrogen and oxygen atoms in total. The Kier molecular flexibility index (Phi) is 6.11. The van der Waals surface area contributed by atoms with E-state index in [0.29, 0.717) is 12.2 Å². The molecule has 8 heteroatoms. The molecule has 3 aromatic rings. The Labute approximate surface area is 169 Å². The van der Waals surface area contributed by atoms with Crippen molar-refractivity contribution < 1.29 is 9.72 Å². The van der Waals surface area contributed by atoms with Gasteiger partial charge in [0.15, 0.2) is 0 Å². The molecule has 1 aromatic heterocycles. The van der Waals surface area contributed by atoms with Gasteiger partial charge in [0.2, 0.25) is 0 Å². The van der Waals surface area contributed by atoms with Crippen molar-refractivity contribution >= 4 is 28.3 Å². The molecule has 2 N–H and O–H groups in total. The highest BCUT2D eigenvalue weighted by Crippen LogP contribution is 2.26. The zero-order valence-electron chi connectivity index (χ0n) is 16.8. The zero-order valence-corrected chi connectivity index (χ0v) is 16.8. The van der Waals surface area contributed by atoms with Crippen molar-refractivity contribution in [3.63, 3.8) is 0 Å². The van der Waals surface area contributed by atoms with Crippen LogP contribution in [0.25, 0.3) is 11.0 Å². The van der Waals surface area contributed by atoms with Crippen LogP contribution in [0.3, 0.4) is 0 Å². The summed E-state index contributed by atoms with van der Waals surface area (Å²) in [5.74, 6) is 0.620. The van der Waals surface area contributed by atoms with Gasteiger partial charge in [-0.2, -0.15) is 0 Å². The number of para-hydroxylation sites is 2. The summed E-state index contributed by atoms with van der Waals surface area (Å²) >= 11 is 0. The molecule has 2 aromatic carbocycles. The maximum Gasteiger partial charge on any atom is 0.293 e. The molecule has 0 atom stereocenters. The molecule has 0 spiro atoms. The molecule has 0 bridgehead atoms. The van der Waals surface area contributed by atoms with Gasteiger partial charge in [-0.05, 0) is 51.5 Å². The monoisotopic (exact) mass is 395 g/mol. The number of aromatic nitrogens is 2. The summed E-state index contributed by atoms with van der Waals surface area (Å²) in [5.41, 5.74) is 2.62. The molecule has 0 aliphatic rings. The van der Waals surface area contributed by atoms with Crippen LogP contribution in [0.15, 0.2) is 42.5 Å². The summed E-state index contributed by atoms with van der Waals surface area (Å²) in [5, 5.41) is 17.3. The summed E-state index contributed by atoms with van der Waals surface area (Å²) in [6, 6.07) is 12.4. The van der Waals surface area contributed by atoms with E-state index in [4.69, 9.17) is 0 Å². The van der Waals surface area contributed by atoms with Crippen LogP contribution in [-0.2, 0) is 6.54 Å². The van der Waals surface area contributed by atoms with Gasteiger partial charge >= 0.3 is 0 Å². The molecule has 152 valence electrons. The maximum atomic E-state index is 12.1. The first kappa shape index (κ1) is 20.3. The van der Waals surface area contributed by atoms with Gasteiger partial charge in [-0.15, -0.1) is 0 Å². The van der Waals surface area contributed by atoms with Crippen molar-refractivity contribution in [2.24, 2.45) is 0 Å². The predicted molar refractivity (Wildman–Crippen MR) is 113 cm³/mol. The number of nitrogens with zero attached hydrogens (tertiary/aromatic N) is 3. The summed E-state index contributed by atoms with van der Waals surface area (Å²) in [6.07, 6.45) is 0.772. The molecular formula is C21H25N5O3. The van der Waals surface area contributed by atoms with Crippen LogP contribution < -0.4 is 10.6 Å². The first-order chi connectivity index (χ1) is 13.9. The van der Waals surface area contributed by atoms with Gasteiger partial charge in [-0.25, -0.2) is 4.98 Å². The van der Waals surface area contributed by atoms with Crippen LogP contribution in [0.2, 0.25) is 0 Å². The number of carbonyl (C=O) groups excluding carboxylic acids is 1. The summed E-state index contributed by atoms with van der Waals surface area (Å²) < 4.78 is 2.14. The van der Waals surface area contributed by atoms with Crippen LogP contribution in [0.4, 0.5) is 11.4 Å². The second-order valence-electron chi connectivity index (χ2n) is 7.20. The van der Waals surface area contributed by atoms with E-state index in [1.54, 1.807) is 12.1 Å². The quantitative estimate of drug-likeness (QED) is 0.342. The number of hydrogen-bond donors (Lipinski definition) is 2. The maximum absolute atomic E-state index is 12.1. The number of nitro benzene ring substituents is 1. The molecular weight excluding hydrogens is 370 g/mol. The Morgan fingerprint density at radius 2 is 2.00 bits per heavy atom. The fourth-order valence-electron chi connectivity index (χ4n) is 3.26. The third-order valence-electron chi connectivity index (χ3n) is 4.60. The number of aryl methyl sites for hydroxylation is 2. The lowest BCUT2D eigenvalue weighted by atomic mass is 10.1. The Morgan fingerprint density at radius 1 is 1.24 bits per heavy atom. The molecule has 0 aliphatic carbocycles. The first-order valence-electron chi connectivity index (χ1n) is 9.62. The highest BCUT2D eigenvalue weighted by molar-refractivity contribution is 5.95. The molecule has 0 saturated heterocycles. The van der Waals surface area contributed by atoms with Crippen LogP contribution in [0.1, 0.15) is 36.5 Å². The second-order valence-corrected chi connectivity index (χ2v) is 7.20. The van der Waals surface area contributed by atoms with E-state index in [1.165, 1.54) is 6.07 Å². The van der Waals surface area contributed by atoms with E-state index in [1.807, 2.05) is 45.0 Å². The molecule has 0 aliphatic heterocycles. The Morgan fingerprint density at radius 3 is 2.72 bits per heavy atom. The smallest absolute Gasteiger partial charge is 0.293 e. The number of nitrogens with one attached hydrogen (secondary N) is 2. The van der Waals surface area contributed by atoms with Crippen molar-refractivity contribution in [2.45, 2.75) is 39.8 Å². The summed E-state index contributed by atoms with van der Waals surface area (Å²) in [6.45, 7) is 6.96. The van der Waals surface area contributed by atoms with Crippen molar-refractivity contribution in [3.05, 3.63) is 64.0 Å². The number of anilines is 1. The number of rotatable bonds is 8. The third-order valence-corrected chi connectivity index (χ3v) is 4.60. The van der Waals surface area contributed by atoms with Gasteiger partial charge in [0.1, 0.15) is 11.5 Å². The molecule has 1 heterocycles. The van der Waals surface area contributed by atoms with Gasteiger partial charge in [0.25, 0.3) is 11.6 Å². The molecule has 1 amide bonds. The van der Waals surface area contributed by atoms with Gasteiger partial charge in [0, 0.05) is 30.8 Å². The Bertz CT molecular complexity index is 1040. The minimum atomic E-state index is -0.470. The number of benzene rings is 2. The summed E-state index contributed by atoms with van der Waals surface area (Å²) in [4.78, 5) is 27.6. The van der Waals surface area contributed by atoms with Gasteiger partial charge in [-0.1, -0.05) is 12.1 Å². The first-order valence-corrected chi connectivity index (χ1v) is 9.62. The Balaban J connectivity index is 1.66. The van der Waals surface area contributed by atoms with Gasteiger partial charge < -0.3 is 15.2 Å². The molecule has 29 heavy (non-hydrogen) atoms. The van der Waals surface area contributed by atoms with E-state index in [0.717, 1.165) is 29.8 Å². The lowest BCUT2D eigenvalue weighted by Crippen LogP contribution is -2.30. The fraction of sp³-hybridized carbons (Fsp3) is 0.333. The highest BCUT2D eigenvalue weighted by atomic mass is 16.6. The van der Waals surface area contributed by atoms with Crippen LogP contribution >= 0.6 is 0 Å². The van der Waals surface area contributed by atoms with Gasteiger partial charge in [-0.3, -0.25) is 14.9 Å². The second kappa shape index (κ2) is 8.72. The summed E-state index contributed by atoms with van der Waals surface area (Å²) in [7, 11) is 0. The van der Waals surface area contributed by atoms with E-state index in [2.05, 4.69) is 20.2 Å². The zero-order chi connectivity index (χ0) is 21.0. The van der Waals surface area contributed by atoms with E-state index >= 15 is 0 Å². The number of amides is 1. The molecule has 0 radical (unpaired) electrons. The minimum absolute atomic E-state index is 0.0397. The Hall–Kier alpha value is -3.42. The molecule has 3 rings (SSSR count). The van der Waals surface area contributed by atoms with Crippen molar-refractivity contribution in [1.82, 2.24) is 14.9 Å². The van der Waals surface area contributed by atoms with E-state index < -0.39 is 4.92 Å². The van der Waals surface area contributed by atoms with Crippen molar-refractivity contribution in [2.75, 3.05) is 11.9 Å². The van der Waals surface area contributed by atoms with E-state index in [9.17, 15) is 14.9 Å². The lowest BCUT2D eigenvalue weighted by Gasteiger charge is -2.11. The molecule has 0 fully saturated rings. The third kappa shape index (κ3) is 4.71. The number of nitro groups is 1. The normalized spacial score (nSPS) is 11.0. The lowest BCUT2D eigenvalue weighted by molar-refractivity contribution is -0.384. The number of imidazole rings is 1. The van der Waals surface area contributed by atoms with E-state index in [-0.39, 0.29) is 23.2 Å². The van der Waals surface area contributed by atoms with Crippen LogP contribution in [0, 0.1) is 17.0 Å². The van der Waals surface area contributed by atoms with Crippen LogP contribution in [0.5, 0.6) is 0 Å². The fourth-order valence-corrected chi connectivity index (χ4v) is 3.26. The van der Waals surface area contributed by atoms with Gasteiger partial charge in [0.05, 0.1) is 16.0 Å². The number of hydrogen-bond acceptors (Lipinski definition) is 5. The highest BCUT2D eigenvalue weighted by Gasteiger charge is 2.18. The standard InChI is InChI=1S/C21H25N5O3/c1-14(2)23-21(27)16-9-10-17(20(13-16)26(28)29)22-11-6-12-25-15(3)24-18-7-4-5-8-19(18)25/h4-5,7-10,13-14,22H,6,11-12H2,1-3H3,(H,23,27). The average molecular weight is 395 g/mol. The molecule has 0 unspecified atom stereocenters. The van der Waals surface area contributed by atoms with Crippen molar-refractivity contribution in [3.8, 4) is 0 Å². The predicted octanol–water partition coefficient (Wildman–Crippen LogP) is 3.89. The average Bonchev–Trinajstić information content (AvgIpc) is 2.99. The largest absolute Gasteiger partial charge is 0.379 e. The number of carbonyl (C=O) groups is 1. The molecule has 0 saturated carbocycles. The van der Waals surface area contributed by atoms with Crippen LogP contribution in [-0.4, -0.2) is 33.0 Å². The number of fused-ring (bicyclic) bond motifs is 1.